The quantitative estimate of drug-likeness (QED) is 0.658. The molecule has 2 heterocycles. The van der Waals surface area contributed by atoms with Gasteiger partial charge in [0.05, 0.1) is 12.2 Å². The number of hydrogen-bond donors (Lipinski definition) is 2. The van der Waals surface area contributed by atoms with Crippen molar-refractivity contribution >= 4 is 11.9 Å². The minimum Gasteiger partial charge on any atom is -0.481 e. The van der Waals surface area contributed by atoms with Crippen LogP contribution in [0, 0.1) is 5.41 Å². The van der Waals surface area contributed by atoms with E-state index >= 15 is 0 Å². The molecule has 0 bridgehead atoms. The molecule has 0 aromatic heterocycles. The highest BCUT2D eigenvalue weighted by atomic mass is 16.6. The van der Waals surface area contributed by atoms with E-state index in [1.54, 1.807) is 0 Å². The number of rotatable bonds is 7. The first-order chi connectivity index (χ1) is 8.39. The van der Waals surface area contributed by atoms with Crippen LogP contribution in [0.3, 0.4) is 0 Å². The summed E-state index contributed by atoms with van der Waals surface area (Å²) in [4.78, 5) is 22.2. The average molecular weight is 258 g/mol. The molecule has 2 aliphatic heterocycles. The number of carbonyl (C=O) groups is 2. The van der Waals surface area contributed by atoms with Gasteiger partial charge in [-0.2, -0.15) is 0 Å². The van der Waals surface area contributed by atoms with E-state index in [2.05, 4.69) is 0 Å². The molecule has 2 saturated heterocycles. The molecule has 102 valence electrons. The Balaban J connectivity index is 2.10. The molecule has 0 saturated carbocycles. The van der Waals surface area contributed by atoms with Gasteiger partial charge in [-0.25, -0.2) is 0 Å². The molecule has 0 aromatic rings. The van der Waals surface area contributed by atoms with E-state index in [9.17, 15) is 14.7 Å². The van der Waals surface area contributed by atoms with Crippen molar-refractivity contribution in [2.45, 2.75) is 57.5 Å². The van der Waals surface area contributed by atoms with E-state index in [0.29, 0.717) is 6.42 Å². The molecule has 0 radical (unpaired) electrons. The second kappa shape index (κ2) is 4.51. The predicted molar refractivity (Wildman–Crippen MR) is 60.2 cm³/mol. The van der Waals surface area contributed by atoms with Crippen LogP contribution >= 0.6 is 0 Å². The van der Waals surface area contributed by atoms with Gasteiger partial charge < -0.3 is 19.7 Å². The van der Waals surface area contributed by atoms with Gasteiger partial charge in [0.2, 0.25) is 0 Å². The first-order valence-corrected chi connectivity index (χ1v) is 6.15. The van der Waals surface area contributed by atoms with E-state index in [0.717, 1.165) is 0 Å². The number of hydrogen-bond acceptors (Lipinski definition) is 4. The molecule has 0 amide bonds. The highest BCUT2D eigenvalue weighted by Gasteiger charge is 2.67. The van der Waals surface area contributed by atoms with Crippen molar-refractivity contribution in [2.75, 3.05) is 0 Å². The lowest BCUT2D eigenvalue weighted by Gasteiger charge is -2.26. The maximum atomic E-state index is 11.6. The standard InChI is InChI=1S/C12H18O6/c1-6-9(17-6)12(11(15)16,10-7(2)18-10)5-3-4-8(13)14/h6-7,9-10H,3-5H2,1-2H3,(H,13,14)(H,15,16). The van der Waals surface area contributed by atoms with Crippen LogP contribution < -0.4 is 0 Å². The third kappa shape index (κ3) is 2.22. The fraction of sp³-hybridized carbons (Fsp3) is 0.833. The fourth-order valence-corrected chi connectivity index (χ4v) is 2.78. The highest BCUT2D eigenvalue weighted by Crippen LogP contribution is 2.52. The van der Waals surface area contributed by atoms with E-state index in [4.69, 9.17) is 14.6 Å². The van der Waals surface area contributed by atoms with Gasteiger partial charge in [-0.15, -0.1) is 0 Å². The van der Waals surface area contributed by atoms with Gasteiger partial charge in [-0.05, 0) is 26.7 Å². The number of carboxylic acids is 2. The smallest absolute Gasteiger partial charge is 0.315 e. The topological polar surface area (TPSA) is 99.7 Å². The summed E-state index contributed by atoms with van der Waals surface area (Å²) in [6, 6.07) is 0. The Morgan fingerprint density at radius 3 is 1.83 bits per heavy atom. The van der Waals surface area contributed by atoms with Gasteiger partial charge in [0, 0.05) is 6.42 Å². The van der Waals surface area contributed by atoms with Crippen LogP contribution in [0.1, 0.15) is 33.1 Å². The van der Waals surface area contributed by atoms with E-state index < -0.39 is 17.4 Å². The first-order valence-electron chi connectivity index (χ1n) is 6.15. The first kappa shape index (κ1) is 13.3. The minimum atomic E-state index is -1.09. The summed E-state index contributed by atoms with van der Waals surface area (Å²) in [5.41, 5.74) is -1.09. The van der Waals surface area contributed by atoms with Crippen molar-refractivity contribution in [3.63, 3.8) is 0 Å². The third-order valence-electron chi connectivity index (χ3n) is 3.82. The molecule has 6 nitrogen and oxygen atoms in total. The van der Waals surface area contributed by atoms with E-state index in [1.807, 2.05) is 13.8 Å². The van der Waals surface area contributed by atoms with Crippen molar-refractivity contribution in [1.29, 1.82) is 0 Å². The Hall–Kier alpha value is -1.14. The molecule has 18 heavy (non-hydrogen) atoms. The molecular weight excluding hydrogens is 240 g/mol. The third-order valence-corrected chi connectivity index (χ3v) is 3.82. The molecule has 6 heteroatoms. The van der Waals surface area contributed by atoms with Crippen LogP contribution in [0.25, 0.3) is 0 Å². The Morgan fingerprint density at radius 1 is 1.11 bits per heavy atom. The van der Waals surface area contributed by atoms with Gasteiger partial charge >= 0.3 is 11.9 Å². The summed E-state index contributed by atoms with van der Waals surface area (Å²) in [6.07, 6.45) is -0.349. The predicted octanol–water partition coefficient (Wildman–Crippen LogP) is 0.887. The molecular formula is C12H18O6. The monoisotopic (exact) mass is 258 g/mol. The van der Waals surface area contributed by atoms with Crippen LogP contribution in [0.5, 0.6) is 0 Å². The van der Waals surface area contributed by atoms with Gasteiger partial charge in [0.1, 0.15) is 17.6 Å². The number of ether oxygens (including phenoxy) is 2. The molecule has 0 spiro atoms. The van der Waals surface area contributed by atoms with E-state index in [-0.39, 0.29) is 37.3 Å². The molecule has 2 aliphatic rings. The molecule has 2 fully saturated rings. The molecule has 0 aromatic carbocycles. The number of aliphatic carboxylic acids is 2. The van der Waals surface area contributed by atoms with Crippen molar-refractivity contribution < 1.29 is 29.3 Å². The summed E-state index contributed by atoms with van der Waals surface area (Å²) in [7, 11) is 0. The summed E-state index contributed by atoms with van der Waals surface area (Å²) in [5.74, 6) is -1.86. The second-order valence-electron chi connectivity index (χ2n) is 5.12. The number of epoxide rings is 2. The summed E-state index contributed by atoms with van der Waals surface area (Å²) < 4.78 is 10.7. The lowest BCUT2D eigenvalue weighted by molar-refractivity contribution is -0.153. The maximum absolute atomic E-state index is 11.6. The lowest BCUT2D eigenvalue weighted by atomic mass is 9.74. The second-order valence-corrected chi connectivity index (χ2v) is 5.12. The normalized spacial score (nSPS) is 36.8. The van der Waals surface area contributed by atoms with Gasteiger partial charge in [0.25, 0.3) is 0 Å². The van der Waals surface area contributed by atoms with Crippen molar-refractivity contribution in [1.82, 2.24) is 0 Å². The zero-order valence-corrected chi connectivity index (χ0v) is 10.5. The van der Waals surface area contributed by atoms with Crippen LogP contribution in [0.15, 0.2) is 0 Å². The molecule has 0 aliphatic carbocycles. The highest BCUT2D eigenvalue weighted by molar-refractivity contribution is 5.78. The lowest BCUT2D eigenvalue weighted by Crippen LogP contribution is -2.43. The van der Waals surface area contributed by atoms with Gasteiger partial charge in [-0.3, -0.25) is 9.59 Å². The molecule has 4 atom stereocenters. The largest absolute Gasteiger partial charge is 0.481 e. The van der Waals surface area contributed by atoms with Crippen LogP contribution in [-0.4, -0.2) is 46.6 Å². The van der Waals surface area contributed by atoms with Crippen molar-refractivity contribution in [2.24, 2.45) is 5.41 Å². The summed E-state index contributed by atoms with van der Waals surface area (Å²) in [5, 5.41) is 18.2. The Kier molecular flexibility index (Phi) is 3.33. The number of carboxylic acid groups (broad SMARTS) is 2. The SMILES string of the molecule is CC1OC1C(CCCC(=O)O)(C(=O)O)C1OC1C. The Labute approximate surface area is 105 Å². The minimum absolute atomic E-state index is 0.0305. The zero-order chi connectivity index (χ0) is 13.5. The zero-order valence-electron chi connectivity index (χ0n) is 10.5. The molecule has 2 rings (SSSR count). The van der Waals surface area contributed by atoms with Gasteiger partial charge in [-0.1, -0.05) is 0 Å². The molecule has 2 N–H and O–H groups in total. The Morgan fingerprint density at radius 2 is 1.56 bits per heavy atom. The molecule has 4 unspecified atom stereocenters. The summed E-state index contributed by atoms with van der Waals surface area (Å²) >= 11 is 0. The van der Waals surface area contributed by atoms with E-state index in [1.165, 1.54) is 0 Å². The maximum Gasteiger partial charge on any atom is 0.315 e. The van der Waals surface area contributed by atoms with Crippen LogP contribution in [-0.2, 0) is 19.1 Å². The van der Waals surface area contributed by atoms with Crippen molar-refractivity contribution in [3.8, 4) is 0 Å². The van der Waals surface area contributed by atoms with Crippen molar-refractivity contribution in [3.05, 3.63) is 0 Å². The van der Waals surface area contributed by atoms with Gasteiger partial charge in [0.15, 0.2) is 0 Å². The van der Waals surface area contributed by atoms with Crippen LogP contribution in [0.4, 0.5) is 0 Å². The Bertz CT molecular complexity index is 350. The average Bonchev–Trinajstić information content (AvgIpc) is 3.13. The summed E-state index contributed by atoms with van der Waals surface area (Å²) in [6.45, 7) is 3.65. The van der Waals surface area contributed by atoms with Crippen LogP contribution in [0.2, 0.25) is 0 Å². The fourth-order valence-electron chi connectivity index (χ4n) is 2.78.